The van der Waals surface area contributed by atoms with Gasteiger partial charge in [0.05, 0.1) is 5.69 Å². The molecule has 0 fully saturated rings. The van der Waals surface area contributed by atoms with Gasteiger partial charge in [-0.1, -0.05) is 37.6 Å². The molecule has 1 amide bonds. The Labute approximate surface area is 162 Å². The van der Waals surface area contributed by atoms with Gasteiger partial charge in [0.25, 0.3) is 5.91 Å². The molecule has 26 heavy (non-hydrogen) atoms. The lowest BCUT2D eigenvalue weighted by Gasteiger charge is -2.06. The Morgan fingerprint density at radius 2 is 1.85 bits per heavy atom. The van der Waals surface area contributed by atoms with Gasteiger partial charge < -0.3 is 0 Å². The number of carbonyl (C=O) groups is 1. The quantitative estimate of drug-likeness (QED) is 0.536. The lowest BCUT2D eigenvalue weighted by Crippen LogP contribution is -2.11. The second-order valence-electron chi connectivity index (χ2n) is 6.50. The zero-order valence-corrected chi connectivity index (χ0v) is 17.0. The van der Waals surface area contributed by atoms with Crippen LogP contribution in [0.1, 0.15) is 35.3 Å². The number of hydrogen-bond donors (Lipinski definition) is 1. The van der Waals surface area contributed by atoms with E-state index in [2.05, 4.69) is 56.2 Å². The minimum Gasteiger partial charge on any atom is -0.298 e. The monoisotopic (exact) mass is 382 g/mol. The first-order valence-electron chi connectivity index (χ1n) is 8.53. The van der Waals surface area contributed by atoms with Crippen molar-refractivity contribution in [1.82, 2.24) is 4.98 Å². The van der Waals surface area contributed by atoms with Gasteiger partial charge in [-0.3, -0.25) is 10.1 Å². The number of thiazole rings is 1. The number of benzene rings is 2. The Morgan fingerprint density at radius 3 is 2.50 bits per heavy atom. The van der Waals surface area contributed by atoms with E-state index in [0.29, 0.717) is 15.9 Å². The van der Waals surface area contributed by atoms with E-state index in [4.69, 9.17) is 0 Å². The Balaban J connectivity index is 1.71. The highest BCUT2D eigenvalue weighted by atomic mass is 32.2. The molecule has 1 heterocycles. The van der Waals surface area contributed by atoms with Gasteiger partial charge in [0, 0.05) is 26.7 Å². The van der Waals surface area contributed by atoms with Crippen LogP contribution < -0.4 is 5.32 Å². The summed E-state index contributed by atoms with van der Waals surface area (Å²) in [4.78, 5) is 18.2. The molecule has 0 saturated heterocycles. The summed E-state index contributed by atoms with van der Waals surface area (Å²) in [6.45, 7) is 8.47. The summed E-state index contributed by atoms with van der Waals surface area (Å²) in [7, 11) is 0. The van der Waals surface area contributed by atoms with Crippen molar-refractivity contribution < 1.29 is 4.79 Å². The normalized spacial score (nSPS) is 11.0. The molecule has 3 aromatic rings. The smallest absolute Gasteiger partial charge is 0.257 e. The van der Waals surface area contributed by atoms with E-state index in [9.17, 15) is 4.79 Å². The molecule has 3 nitrogen and oxygen atoms in total. The van der Waals surface area contributed by atoms with E-state index in [1.807, 2.05) is 29.6 Å². The molecule has 1 N–H and O–H groups in total. The van der Waals surface area contributed by atoms with Crippen molar-refractivity contribution in [2.24, 2.45) is 0 Å². The van der Waals surface area contributed by atoms with Crippen LogP contribution in [0, 0.1) is 13.8 Å². The molecule has 0 aliphatic heterocycles. The number of carbonyl (C=O) groups excluding carboxylic acids is 1. The van der Waals surface area contributed by atoms with Gasteiger partial charge in [-0.15, -0.1) is 23.1 Å². The Morgan fingerprint density at radius 1 is 1.12 bits per heavy atom. The number of aryl methyl sites for hydroxylation is 2. The molecular formula is C21H22N2OS2. The molecule has 0 aliphatic carbocycles. The third kappa shape index (κ3) is 4.54. The zero-order valence-electron chi connectivity index (χ0n) is 15.4. The van der Waals surface area contributed by atoms with Gasteiger partial charge in [-0.25, -0.2) is 4.98 Å². The van der Waals surface area contributed by atoms with Crippen molar-refractivity contribution in [2.75, 3.05) is 5.32 Å². The summed E-state index contributed by atoms with van der Waals surface area (Å²) in [5, 5.41) is 6.02. The number of amides is 1. The van der Waals surface area contributed by atoms with E-state index >= 15 is 0 Å². The molecule has 134 valence electrons. The minimum atomic E-state index is -0.132. The third-order valence-corrected chi connectivity index (χ3v) is 5.64. The van der Waals surface area contributed by atoms with Gasteiger partial charge in [-0.2, -0.15) is 0 Å². The fourth-order valence-corrected chi connectivity index (χ4v) is 4.23. The molecule has 5 heteroatoms. The number of aromatic nitrogens is 1. The van der Waals surface area contributed by atoms with Crippen molar-refractivity contribution in [3.05, 3.63) is 64.5 Å². The molecule has 0 aliphatic rings. The topological polar surface area (TPSA) is 42.0 Å². The number of nitrogens with zero attached hydrogens (tertiary/aromatic N) is 1. The number of thioether (sulfide) groups is 1. The van der Waals surface area contributed by atoms with Crippen LogP contribution >= 0.6 is 23.1 Å². The summed E-state index contributed by atoms with van der Waals surface area (Å²) >= 11 is 3.23. The standard InChI is InChI=1S/C21H22N2OS2/c1-13(2)26-17-8-6-16(7-9-17)20(24)23-21-22-19(12-25-21)18-10-5-14(3)11-15(18)4/h5-13H,1-4H3,(H,22,23,24). The Kier molecular flexibility index (Phi) is 5.79. The summed E-state index contributed by atoms with van der Waals surface area (Å²) in [6, 6.07) is 14.0. The van der Waals surface area contributed by atoms with Crippen molar-refractivity contribution in [3.8, 4) is 11.3 Å². The molecule has 3 rings (SSSR count). The Hall–Kier alpha value is -2.11. The molecule has 2 aromatic carbocycles. The fourth-order valence-electron chi connectivity index (χ4n) is 2.68. The van der Waals surface area contributed by atoms with Gasteiger partial charge >= 0.3 is 0 Å². The predicted molar refractivity (Wildman–Crippen MR) is 112 cm³/mol. The maximum Gasteiger partial charge on any atom is 0.257 e. The highest BCUT2D eigenvalue weighted by molar-refractivity contribution is 7.99. The molecule has 0 bridgehead atoms. The second kappa shape index (κ2) is 8.06. The number of nitrogens with one attached hydrogen (secondary N) is 1. The number of rotatable bonds is 5. The van der Waals surface area contributed by atoms with Crippen LogP contribution in [0.25, 0.3) is 11.3 Å². The average Bonchev–Trinajstić information content (AvgIpc) is 3.03. The van der Waals surface area contributed by atoms with Gasteiger partial charge in [0.2, 0.25) is 0 Å². The van der Waals surface area contributed by atoms with Crippen LogP contribution in [0.5, 0.6) is 0 Å². The van der Waals surface area contributed by atoms with E-state index in [1.54, 1.807) is 11.8 Å². The summed E-state index contributed by atoms with van der Waals surface area (Å²) in [5.74, 6) is -0.132. The van der Waals surface area contributed by atoms with E-state index < -0.39 is 0 Å². The molecule has 0 saturated carbocycles. The molecule has 0 radical (unpaired) electrons. The predicted octanol–water partition coefficient (Wildman–Crippen LogP) is 6.18. The van der Waals surface area contributed by atoms with Crippen LogP contribution in [0.15, 0.2) is 52.7 Å². The van der Waals surface area contributed by atoms with Crippen molar-refractivity contribution in [3.63, 3.8) is 0 Å². The van der Waals surface area contributed by atoms with E-state index in [1.165, 1.54) is 27.4 Å². The van der Waals surface area contributed by atoms with Crippen LogP contribution in [0.4, 0.5) is 5.13 Å². The minimum absolute atomic E-state index is 0.132. The molecule has 0 atom stereocenters. The first-order valence-corrected chi connectivity index (χ1v) is 10.3. The molecular weight excluding hydrogens is 360 g/mol. The summed E-state index contributed by atoms with van der Waals surface area (Å²) in [5.41, 5.74) is 5.05. The van der Waals surface area contributed by atoms with Crippen molar-refractivity contribution >= 4 is 34.1 Å². The second-order valence-corrected chi connectivity index (χ2v) is 9.01. The van der Waals surface area contributed by atoms with Gasteiger partial charge in [0.1, 0.15) is 0 Å². The number of anilines is 1. The largest absolute Gasteiger partial charge is 0.298 e. The highest BCUT2D eigenvalue weighted by Crippen LogP contribution is 2.28. The van der Waals surface area contributed by atoms with E-state index in [-0.39, 0.29) is 5.91 Å². The Bertz CT molecular complexity index is 914. The summed E-state index contributed by atoms with van der Waals surface area (Å²) < 4.78 is 0. The fraction of sp³-hybridized carbons (Fsp3) is 0.238. The van der Waals surface area contributed by atoms with Crippen LogP contribution in [0.2, 0.25) is 0 Å². The number of hydrogen-bond acceptors (Lipinski definition) is 4. The lowest BCUT2D eigenvalue weighted by molar-refractivity contribution is 0.102. The molecule has 0 spiro atoms. The van der Waals surface area contributed by atoms with E-state index in [0.717, 1.165) is 11.3 Å². The van der Waals surface area contributed by atoms with Gasteiger partial charge in [0.15, 0.2) is 5.13 Å². The van der Waals surface area contributed by atoms with Crippen LogP contribution in [-0.2, 0) is 0 Å². The zero-order chi connectivity index (χ0) is 18.7. The molecule has 1 aromatic heterocycles. The first-order chi connectivity index (χ1) is 12.4. The maximum atomic E-state index is 12.5. The SMILES string of the molecule is Cc1ccc(-c2csc(NC(=O)c3ccc(SC(C)C)cc3)n2)c(C)c1. The van der Waals surface area contributed by atoms with Crippen LogP contribution in [-0.4, -0.2) is 16.1 Å². The van der Waals surface area contributed by atoms with Crippen LogP contribution in [0.3, 0.4) is 0 Å². The lowest BCUT2D eigenvalue weighted by atomic mass is 10.0. The third-order valence-electron chi connectivity index (χ3n) is 3.87. The first kappa shape index (κ1) is 18.7. The van der Waals surface area contributed by atoms with Crippen molar-refractivity contribution in [2.45, 2.75) is 37.8 Å². The average molecular weight is 383 g/mol. The highest BCUT2D eigenvalue weighted by Gasteiger charge is 2.11. The molecule has 0 unspecified atom stereocenters. The maximum absolute atomic E-state index is 12.5. The summed E-state index contributed by atoms with van der Waals surface area (Å²) in [6.07, 6.45) is 0. The van der Waals surface area contributed by atoms with Crippen molar-refractivity contribution in [1.29, 1.82) is 0 Å². The van der Waals surface area contributed by atoms with Gasteiger partial charge in [-0.05, 0) is 43.7 Å².